The minimum atomic E-state index is -0.501. The van der Waals surface area contributed by atoms with Gasteiger partial charge in [0.1, 0.15) is 11.6 Å². The zero-order chi connectivity index (χ0) is 24.0. The number of aryl methyl sites for hydroxylation is 1. The summed E-state index contributed by atoms with van der Waals surface area (Å²) >= 11 is 2.57. The van der Waals surface area contributed by atoms with Crippen LogP contribution in [0.4, 0.5) is 0 Å². The van der Waals surface area contributed by atoms with E-state index in [4.69, 9.17) is 14.9 Å². The number of carbonyl (C=O) groups excluding carboxylic acids is 1. The van der Waals surface area contributed by atoms with E-state index in [9.17, 15) is 9.59 Å². The van der Waals surface area contributed by atoms with Crippen LogP contribution < -0.4 is 15.0 Å². The molecule has 1 amide bonds. The topological polar surface area (TPSA) is 135 Å². The number of aromatic nitrogens is 3. The van der Waals surface area contributed by atoms with E-state index in [1.807, 2.05) is 6.92 Å². The Bertz CT molecular complexity index is 1520. The second-order valence-corrected chi connectivity index (χ2v) is 9.56. The quantitative estimate of drug-likeness (QED) is 0.534. The molecule has 13 heteroatoms. The maximum atomic E-state index is 12.5. The summed E-state index contributed by atoms with van der Waals surface area (Å²) in [4.78, 5) is 33.7. The summed E-state index contributed by atoms with van der Waals surface area (Å²) in [5.41, 5.74) is 0.942. The maximum Gasteiger partial charge on any atom is 0.283 e. The Morgan fingerprint density at radius 3 is 2.79 bits per heavy atom. The molecule has 0 bridgehead atoms. The molecule has 1 aromatic carbocycles. The van der Waals surface area contributed by atoms with Gasteiger partial charge in [0, 0.05) is 6.07 Å². The van der Waals surface area contributed by atoms with Crippen molar-refractivity contribution in [2.24, 2.45) is 10.1 Å². The number of hydrogen-bond acceptors (Lipinski definition) is 10. The lowest BCUT2D eigenvalue weighted by Gasteiger charge is -2.20. The average Bonchev–Trinajstić information content (AvgIpc) is 3.37. The van der Waals surface area contributed by atoms with E-state index in [2.05, 4.69) is 20.2 Å². The van der Waals surface area contributed by atoms with Crippen LogP contribution in [0.5, 0.6) is 11.5 Å². The molecule has 3 aromatic rings. The number of nitrogens with zero attached hydrogens (tertiary/aromatic N) is 6. The number of rotatable bonds is 5. The standard InChI is InChI=1S/C21H17N7O4S2/c1-10-25-27-17(29)8-13(23-20(27)33-10)9-32-15-5-4-12(7-16(15)31-3)6-14-18(22)28-21(24-19(14)30)34-11(2)26-28/h4-8,22H,9H2,1-3H3/b14-6-,22-18?. The van der Waals surface area contributed by atoms with Crippen LogP contribution in [0, 0.1) is 12.3 Å². The largest absolute Gasteiger partial charge is 0.493 e. The number of thioether (sulfide) groups is 1. The van der Waals surface area contributed by atoms with Gasteiger partial charge in [-0.1, -0.05) is 17.4 Å². The highest BCUT2D eigenvalue weighted by Gasteiger charge is 2.34. The number of amides is 1. The molecule has 0 saturated heterocycles. The van der Waals surface area contributed by atoms with Gasteiger partial charge in [0.15, 0.2) is 17.3 Å². The van der Waals surface area contributed by atoms with Gasteiger partial charge in [-0.25, -0.2) is 4.98 Å². The Kier molecular flexibility index (Phi) is 5.49. The normalized spacial score (nSPS) is 16.7. The molecule has 11 nitrogen and oxygen atoms in total. The van der Waals surface area contributed by atoms with Crippen LogP contribution in [0.2, 0.25) is 0 Å². The van der Waals surface area contributed by atoms with Crippen LogP contribution in [0.25, 0.3) is 11.0 Å². The highest BCUT2D eigenvalue weighted by Crippen LogP contribution is 2.31. The molecule has 0 radical (unpaired) electrons. The first kappa shape index (κ1) is 22.0. The van der Waals surface area contributed by atoms with E-state index >= 15 is 0 Å². The van der Waals surface area contributed by atoms with Crippen LogP contribution in [0.15, 0.2) is 44.7 Å². The van der Waals surface area contributed by atoms with E-state index in [0.29, 0.717) is 37.9 Å². The zero-order valence-electron chi connectivity index (χ0n) is 18.2. The number of aliphatic imine (C=N–C) groups is 1. The van der Waals surface area contributed by atoms with Crippen molar-refractivity contribution in [1.82, 2.24) is 19.6 Å². The Morgan fingerprint density at radius 1 is 1.18 bits per heavy atom. The molecule has 0 saturated carbocycles. The fourth-order valence-electron chi connectivity index (χ4n) is 3.33. The minimum Gasteiger partial charge on any atom is -0.493 e. The monoisotopic (exact) mass is 495 g/mol. The fraction of sp³-hybridized carbons (Fsp3) is 0.190. The van der Waals surface area contributed by atoms with Gasteiger partial charge in [-0.2, -0.15) is 24.7 Å². The second kappa shape index (κ2) is 8.50. The molecule has 5 rings (SSSR count). The molecule has 34 heavy (non-hydrogen) atoms. The highest BCUT2D eigenvalue weighted by atomic mass is 32.2. The van der Waals surface area contributed by atoms with Crippen molar-refractivity contribution in [1.29, 1.82) is 5.41 Å². The molecule has 0 aliphatic carbocycles. The molecular weight excluding hydrogens is 478 g/mol. The Balaban J connectivity index is 1.38. The number of ether oxygens (including phenoxy) is 2. The van der Waals surface area contributed by atoms with Crippen molar-refractivity contribution < 1.29 is 14.3 Å². The summed E-state index contributed by atoms with van der Waals surface area (Å²) in [6.07, 6.45) is 1.56. The molecule has 0 atom stereocenters. The summed E-state index contributed by atoms with van der Waals surface area (Å²) < 4.78 is 12.6. The van der Waals surface area contributed by atoms with Crippen LogP contribution in [-0.2, 0) is 11.4 Å². The van der Waals surface area contributed by atoms with Gasteiger partial charge in [-0.05, 0) is 49.4 Å². The van der Waals surface area contributed by atoms with E-state index in [1.54, 1.807) is 31.2 Å². The van der Waals surface area contributed by atoms with E-state index in [1.165, 1.54) is 45.8 Å². The predicted molar refractivity (Wildman–Crippen MR) is 130 cm³/mol. The predicted octanol–water partition coefficient (Wildman–Crippen LogP) is 2.69. The van der Waals surface area contributed by atoms with Gasteiger partial charge in [-0.15, -0.1) is 0 Å². The fourth-order valence-corrected chi connectivity index (χ4v) is 4.83. The molecule has 1 N–H and O–H groups in total. The lowest BCUT2D eigenvalue weighted by Crippen LogP contribution is -2.35. The number of hydrazone groups is 1. The summed E-state index contributed by atoms with van der Waals surface area (Å²) in [5.74, 6) is 0.322. The summed E-state index contributed by atoms with van der Waals surface area (Å²) in [6.45, 7) is 3.66. The number of hydrogen-bond donors (Lipinski definition) is 1. The van der Waals surface area contributed by atoms with Crippen LogP contribution >= 0.6 is 23.1 Å². The van der Waals surface area contributed by atoms with Crippen LogP contribution in [0.1, 0.15) is 23.2 Å². The van der Waals surface area contributed by atoms with Crippen molar-refractivity contribution in [2.45, 2.75) is 20.5 Å². The van der Waals surface area contributed by atoms with Gasteiger partial charge in [0.25, 0.3) is 11.5 Å². The van der Waals surface area contributed by atoms with Crippen molar-refractivity contribution in [2.75, 3.05) is 7.11 Å². The van der Waals surface area contributed by atoms with E-state index in [0.717, 1.165) is 5.01 Å². The lowest BCUT2D eigenvalue weighted by molar-refractivity contribution is -0.114. The molecule has 0 spiro atoms. The van der Waals surface area contributed by atoms with Crippen molar-refractivity contribution in [3.63, 3.8) is 0 Å². The van der Waals surface area contributed by atoms with Gasteiger partial charge < -0.3 is 9.47 Å². The first-order valence-corrected chi connectivity index (χ1v) is 11.6. The molecule has 4 heterocycles. The first-order chi connectivity index (χ1) is 16.3. The van der Waals surface area contributed by atoms with E-state index in [-0.39, 0.29) is 23.6 Å². The third-order valence-corrected chi connectivity index (χ3v) is 6.48. The average molecular weight is 496 g/mol. The molecule has 0 fully saturated rings. The number of nitrogens with one attached hydrogen (secondary N) is 1. The molecule has 2 aliphatic heterocycles. The van der Waals surface area contributed by atoms with Gasteiger partial charge in [0.2, 0.25) is 10.1 Å². The number of benzene rings is 1. The Morgan fingerprint density at radius 2 is 2.00 bits per heavy atom. The molecule has 2 aliphatic rings. The maximum absolute atomic E-state index is 12.5. The Labute approximate surface area is 200 Å². The molecule has 2 aromatic heterocycles. The third-order valence-electron chi connectivity index (χ3n) is 4.83. The highest BCUT2D eigenvalue weighted by molar-refractivity contribution is 8.26. The number of methoxy groups -OCH3 is 1. The number of carbonyl (C=O) groups is 1. The third kappa shape index (κ3) is 3.99. The zero-order valence-corrected chi connectivity index (χ0v) is 19.9. The smallest absolute Gasteiger partial charge is 0.283 e. The van der Waals surface area contributed by atoms with Crippen molar-refractivity contribution in [3.05, 3.63) is 56.5 Å². The summed E-state index contributed by atoms with van der Waals surface area (Å²) in [7, 11) is 1.50. The summed E-state index contributed by atoms with van der Waals surface area (Å²) in [6, 6.07) is 6.49. The first-order valence-electron chi connectivity index (χ1n) is 9.96. The number of fused-ring (bicyclic) bond motifs is 2. The van der Waals surface area contributed by atoms with Gasteiger partial charge in [0.05, 0.1) is 23.4 Å². The Hall–Kier alpha value is -3.84. The van der Waals surface area contributed by atoms with Crippen LogP contribution in [-0.4, -0.2) is 48.7 Å². The van der Waals surface area contributed by atoms with E-state index < -0.39 is 5.91 Å². The number of amidine groups is 2. The van der Waals surface area contributed by atoms with Gasteiger partial charge >= 0.3 is 0 Å². The van der Waals surface area contributed by atoms with Crippen molar-refractivity contribution in [3.8, 4) is 11.5 Å². The van der Waals surface area contributed by atoms with Gasteiger partial charge in [-0.3, -0.25) is 15.0 Å². The SMILES string of the molecule is COc1cc(/C=C2/C(=N)N3N=C(C)SC3=NC2=O)ccc1OCc1cc(=O)n2nc(C)sc2n1. The molecule has 0 unspecified atom stereocenters. The minimum absolute atomic E-state index is 0.0373. The molecule has 172 valence electrons. The summed E-state index contributed by atoms with van der Waals surface area (Å²) in [5, 5.41) is 19.9. The second-order valence-electron chi connectivity index (χ2n) is 7.24. The van der Waals surface area contributed by atoms with Crippen LogP contribution in [0.3, 0.4) is 0 Å². The molecular formula is C21H17N7O4S2. The van der Waals surface area contributed by atoms with Crippen molar-refractivity contribution >= 4 is 56.1 Å². The lowest BCUT2D eigenvalue weighted by atomic mass is 10.1.